The molecule has 10 heteroatoms. The summed E-state index contributed by atoms with van der Waals surface area (Å²) in [7, 11) is -2.52. The van der Waals surface area contributed by atoms with E-state index >= 15 is 0 Å². The van der Waals surface area contributed by atoms with E-state index in [4.69, 9.17) is 21.1 Å². The summed E-state index contributed by atoms with van der Waals surface area (Å²) < 4.78 is 40.9. The first-order chi connectivity index (χ1) is 15.3. The van der Waals surface area contributed by atoms with Gasteiger partial charge in [-0.25, -0.2) is 13.4 Å². The molecule has 0 spiro atoms. The maximum Gasteiger partial charge on any atom is 0.265 e. The van der Waals surface area contributed by atoms with Crippen LogP contribution in [0.15, 0.2) is 78.0 Å². The van der Waals surface area contributed by atoms with Gasteiger partial charge >= 0.3 is 0 Å². The molecule has 0 amide bonds. The molecule has 2 aromatic carbocycles. The van der Waals surface area contributed by atoms with Gasteiger partial charge in [0.15, 0.2) is 0 Å². The molecule has 0 saturated carbocycles. The molecule has 0 radical (unpaired) electrons. The highest BCUT2D eigenvalue weighted by Crippen LogP contribution is 2.29. The van der Waals surface area contributed by atoms with Crippen molar-refractivity contribution in [3.63, 3.8) is 0 Å². The molecule has 164 valence electrons. The van der Waals surface area contributed by atoms with Crippen molar-refractivity contribution < 1.29 is 17.9 Å². The summed E-state index contributed by atoms with van der Waals surface area (Å²) in [5.74, 6) is 2.30. The molecule has 0 fully saturated rings. The van der Waals surface area contributed by atoms with Crippen molar-refractivity contribution in [2.45, 2.75) is 11.8 Å². The second kappa shape index (κ2) is 8.89. The second-order valence-corrected chi connectivity index (χ2v) is 8.82. The van der Waals surface area contributed by atoms with Crippen LogP contribution < -0.4 is 14.2 Å². The summed E-state index contributed by atoms with van der Waals surface area (Å²) in [4.78, 5) is 8.65. The normalized spacial score (nSPS) is 11.2. The van der Waals surface area contributed by atoms with Crippen molar-refractivity contribution in [2.24, 2.45) is 0 Å². The van der Waals surface area contributed by atoms with Gasteiger partial charge in [0.25, 0.3) is 10.0 Å². The van der Waals surface area contributed by atoms with Crippen LogP contribution in [0.2, 0.25) is 5.02 Å². The van der Waals surface area contributed by atoms with Gasteiger partial charge in [0.2, 0.25) is 5.88 Å². The molecule has 2 heterocycles. The average molecular weight is 471 g/mol. The van der Waals surface area contributed by atoms with Crippen molar-refractivity contribution in [1.82, 2.24) is 14.5 Å². The highest BCUT2D eigenvalue weighted by atomic mass is 35.5. The lowest BCUT2D eigenvalue weighted by Crippen LogP contribution is -2.14. The summed E-state index contributed by atoms with van der Waals surface area (Å²) in [6, 6.07) is 16.4. The minimum Gasteiger partial charge on any atom is -0.495 e. The number of ether oxygens (including phenoxy) is 2. The monoisotopic (exact) mass is 470 g/mol. The lowest BCUT2D eigenvalue weighted by Gasteiger charge is -2.12. The number of aryl methyl sites for hydroxylation is 1. The standard InChI is InChI=1S/C22H19ClN4O4S/c1-15-24-21(27-11-3-4-12-27)14-22(25-15)31-18-8-6-17(7-9-18)26-32(28,29)20-13-16(23)5-10-19(20)30-2/h3-14,26H,1-2H3. The predicted molar refractivity (Wildman–Crippen MR) is 121 cm³/mol. The van der Waals surface area contributed by atoms with E-state index in [0.717, 1.165) is 0 Å². The van der Waals surface area contributed by atoms with Gasteiger partial charge in [-0.1, -0.05) is 11.6 Å². The molecule has 2 aromatic heterocycles. The molecule has 4 rings (SSSR count). The zero-order valence-corrected chi connectivity index (χ0v) is 18.8. The van der Waals surface area contributed by atoms with E-state index in [9.17, 15) is 8.42 Å². The Morgan fingerprint density at radius 3 is 2.41 bits per heavy atom. The van der Waals surface area contributed by atoms with Crippen molar-refractivity contribution in [3.8, 4) is 23.2 Å². The van der Waals surface area contributed by atoms with Crippen molar-refractivity contribution in [2.75, 3.05) is 11.8 Å². The van der Waals surface area contributed by atoms with Gasteiger partial charge in [-0.15, -0.1) is 0 Å². The van der Waals surface area contributed by atoms with E-state index in [2.05, 4.69) is 14.7 Å². The Hall–Kier alpha value is -3.56. The number of sulfonamides is 1. The molecule has 0 aliphatic carbocycles. The van der Waals surface area contributed by atoms with E-state index in [1.807, 2.05) is 29.1 Å². The van der Waals surface area contributed by atoms with Gasteiger partial charge < -0.3 is 14.0 Å². The molecule has 0 unspecified atom stereocenters. The number of hydrogen-bond acceptors (Lipinski definition) is 6. The molecule has 32 heavy (non-hydrogen) atoms. The van der Waals surface area contributed by atoms with Gasteiger partial charge in [0.1, 0.15) is 28.0 Å². The molecule has 0 saturated heterocycles. The fourth-order valence-corrected chi connectivity index (χ4v) is 4.47. The quantitative estimate of drug-likeness (QED) is 0.415. The molecule has 0 bridgehead atoms. The van der Waals surface area contributed by atoms with Crippen LogP contribution in [0.5, 0.6) is 17.4 Å². The summed E-state index contributed by atoms with van der Waals surface area (Å²) in [6.07, 6.45) is 3.75. The molecule has 4 aromatic rings. The van der Waals surface area contributed by atoms with Gasteiger partial charge in [0, 0.05) is 29.2 Å². The van der Waals surface area contributed by atoms with Crippen LogP contribution in [-0.4, -0.2) is 30.1 Å². The van der Waals surface area contributed by atoms with E-state index in [1.165, 1.54) is 19.2 Å². The minimum absolute atomic E-state index is 0.0539. The van der Waals surface area contributed by atoms with Gasteiger partial charge in [-0.05, 0) is 61.5 Å². The molecular formula is C22H19ClN4O4S. The molecule has 0 atom stereocenters. The second-order valence-electron chi connectivity index (χ2n) is 6.73. The highest BCUT2D eigenvalue weighted by molar-refractivity contribution is 7.92. The molecular weight excluding hydrogens is 452 g/mol. The lowest BCUT2D eigenvalue weighted by molar-refractivity contribution is 0.403. The van der Waals surface area contributed by atoms with Crippen LogP contribution >= 0.6 is 11.6 Å². The third-order valence-corrected chi connectivity index (χ3v) is 6.05. The average Bonchev–Trinajstić information content (AvgIpc) is 3.30. The van der Waals surface area contributed by atoms with E-state index in [1.54, 1.807) is 43.3 Å². The summed E-state index contributed by atoms with van der Waals surface area (Å²) in [6.45, 7) is 1.78. The van der Waals surface area contributed by atoms with Crippen molar-refractivity contribution in [3.05, 3.63) is 83.9 Å². The van der Waals surface area contributed by atoms with Crippen molar-refractivity contribution in [1.29, 1.82) is 0 Å². The number of aromatic nitrogens is 3. The van der Waals surface area contributed by atoms with Crippen LogP contribution in [0, 0.1) is 6.92 Å². The summed E-state index contributed by atoms with van der Waals surface area (Å²) in [5, 5.41) is 0.286. The van der Waals surface area contributed by atoms with Crippen LogP contribution in [0.1, 0.15) is 5.82 Å². The minimum atomic E-state index is -3.91. The lowest BCUT2D eigenvalue weighted by atomic mass is 10.3. The Bertz CT molecular complexity index is 1340. The Morgan fingerprint density at radius 1 is 1.00 bits per heavy atom. The molecule has 0 aliphatic rings. The van der Waals surface area contributed by atoms with Crippen LogP contribution in [0.25, 0.3) is 5.82 Å². The van der Waals surface area contributed by atoms with E-state index in [-0.39, 0.29) is 15.7 Å². The molecule has 0 aliphatic heterocycles. The van der Waals surface area contributed by atoms with Crippen molar-refractivity contribution >= 4 is 27.3 Å². The first kappa shape index (κ1) is 21.7. The number of benzene rings is 2. The first-order valence-corrected chi connectivity index (χ1v) is 11.3. The largest absolute Gasteiger partial charge is 0.495 e. The third kappa shape index (κ3) is 4.84. The fourth-order valence-electron chi connectivity index (χ4n) is 2.98. The number of hydrogen-bond donors (Lipinski definition) is 1. The highest BCUT2D eigenvalue weighted by Gasteiger charge is 2.20. The zero-order valence-electron chi connectivity index (χ0n) is 17.2. The fraction of sp³-hybridized carbons (Fsp3) is 0.0909. The molecule has 1 N–H and O–H groups in total. The predicted octanol–water partition coefficient (Wildman–Crippen LogP) is 4.83. The first-order valence-electron chi connectivity index (χ1n) is 9.47. The van der Waals surface area contributed by atoms with Gasteiger partial charge in [-0.2, -0.15) is 4.98 Å². The summed E-state index contributed by atoms with van der Waals surface area (Å²) >= 11 is 5.96. The topological polar surface area (TPSA) is 95.3 Å². The maximum atomic E-state index is 12.8. The maximum absolute atomic E-state index is 12.8. The van der Waals surface area contributed by atoms with Crippen LogP contribution in [0.4, 0.5) is 5.69 Å². The Kier molecular flexibility index (Phi) is 6.02. The SMILES string of the molecule is COc1ccc(Cl)cc1S(=O)(=O)Nc1ccc(Oc2cc(-n3cccc3)nc(C)n2)cc1. The number of methoxy groups -OCH3 is 1. The zero-order chi connectivity index (χ0) is 22.7. The van der Waals surface area contributed by atoms with Gasteiger partial charge in [0.05, 0.1) is 7.11 Å². The van der Waals surface area contributed by atoms with Gasteiger partial charge in [-0.3, -0.25) is 4.72 Å². The summed E-state index contributed by atoms with van der Waals surface area (Å²) in [5.41, 5.74) is 0.353. The van der Waals surface area contributed by atoms with Crippen LogP contribution in [-0.2, 0) is 10.0 Å². The Balaban J connectivity index is 1.53. The Morgan fingerprint density at radius 2 is 1.72 bits per heavy atom. The molecule has 8 nitrogen and oxygen atoms in total. The smallest absolute Gasteiger partial charge is 0.265 e. The Labute approximate surface area is 190 Å². The number of halogens is 1. The number of nitrogens with zero attached hydrogens (tertiary/aromatic N) is 3. The number of anilines is 1. The third-order valence-electron chi connectivity index (χ3n) is 4.41. The number of nitrogens with one attached hydrogen (secondary N) is 1. The number of rotatable bonds is 7. The van der Waals surface area contributed by atoms with Crippen LogP contribution in [0.3, 0.4) is 0 Å². The van der Waals surface area contributed by atoms with E-state index in [0.29, 0.717) is 29.0 Å². The van der Waals surface area contributed by atoms with E-state index < -0.39 is 10.0 Å².